The third-order valence-corrected chi connectivity index (χ3v) is 3.75. The molecule has 0 fully saturated rings. The summed E-state index contributed by atoms with van der Waals surface area (Å²) in [5.41, 5.74) is 2.02. The molecule has 0 bridgehead atoms. The van der Waals surface area contributed by atoms with Crippen LogP contribution in [-0.2, 0) is 11.2 Å². The molecule has 26 heavy (non-hydrogen) atoms. The number of carbonyl (C=O) groups excluding carboxylic acids is 2. The van der Waals surface area contributed by atoms with Crippen molar-refractivity contribution in [3.63, 3.8) is 0 Å². The molecule has 2 amide bonds. The molecular formula is C19H21N3O3S. The monoisotopic (exact) mass is 371 g/mol. The smallest absolute Gasteiger partial charge is 0.253 e. The van der Waals surface area contributed by atoms with Crippen LogP contribution in [0.4, 0.5) is 5.69 Å². The normalized spacial score (nSPS) is 9.96. The van der Waals surface area contributed by atoms with Gasteiger partial charge < -0.3 is 20.3 Å². The van der Waals surface area contributed by atoms with E-state index in [-0.39, 0.29) is 23.3 Å². The largest absolute Gasteiger partial charge is 0.497 e. The molecule has 0 spiro atoms. The molecule has 0 unspecified atom stereocenters. The summed E-state index contributed by atoms with van der Waals surface area (Å²) in [6.45, 7) is 0. The van der Waals surface area contributed by atoms with E-state index in [0.717, 1.165) is 11.3 Å². The molecule has 2 aromatic rings. The van der Waals surface area contributed by atoms with Crippen LogP contribution in [0.2, 0.25) is 0 Å². The number of hydrogen-bond acceptors (Lipinski definition) is 4. The maximum atomic E-state index is 12.1. The van der Waals surface area contributed by atoms with Crippen molar-refractivity contribution < 1.29 is 14.3 Å². The van der Waals surface area contributed by atoms with Gasteiger partial charge in [-0.25, -0.2) is 0 Å². The number of rotatable bonds is 5. The highest BCUT2D eigenvalue weighted by Crippen LogP contribution is 2.13. The van der Waals surface area contributed by atoms with Gasteiger partial charge in [0.05, 0.1) is 13.5 Å². The Labute approximate surface area is 158 Å². The zero-order valence-electron chi connectivity index (χ0n) is 14.9. The molecule has 0 atom stereocenters. The molecule has 0 aromatic heterocycles. The molecule has 0 aliphatic rings. The lowest BCUT2D eigenvalue weighted by Gasteiger charge is -2.13. The van der Waals surface area contributed by atoms with Crippen LogP contribution < -0.4 is 15.4 Å². The summed E-state index contributed by atoms with van der Waals surface area (Å²) in [6.07, 6.45) is 0.199. The van der Waals surface area contributed by atoms with Crippen LogP contribution in [0.15, 0.2) is 48.5 Å². The zero-order chi connectivity index (χ0) is 19.1. The van der Waals surface area contributed by atoms with Crippen LogP contribution in [0.3, 0.4) is 0 Å². The molecule has 0 heterocycles. The fraction of sp³-hybridized carbons (Fsp3) is 0.211. The number of thiocarbonyl (C=S) groups is 1. The van der Waals surface area contributed by atoms with E-state index in [9.17, 15) is 9.59 Å². The van der Waals surface area contributed by atoms with Crippen molar-refractivity contribution in [2.75, 3.05) is 26.5 Å². The van der Waals surface area contributed by atoms with Crippen molar-refractivity contribution in [3.05, 3.63) is 59.7 Å². The molecule has 0 saturated heterocycles. The zero-order valence-corrected chi connectivity index (χ0v) is 15.7. The molecule has 0 aliphatic heterocycles. The van der Waals surface area contributed by atoms with E-state index < -0.39 is 0 Å². The van der Waals surface area contributed by atoms with Crippen molar-refractivity contribution in [1.29, 1.82) is 0 Å². The standard InChI is InChI=1S/C19H21N3O3S/c1-22(2)18(24)14-5-4-6-15(12-14)20-19(26)21-17(23)11-13-7-9-16(25-3)10-8-13/h4-10,12H,11H2,1-3H3,(H2,20,21,23,26). The first kappa shape index (κ1) is 19.4. The van der Waals surface area contributed by atoms with Gasteiger partial charge in [-0.2, -0.15) is 0 Å². The highest BCUT2D eigenvalue weighted by molar-refractivity contribution is 7.80. The number of ether oxygens (including phenoxy) is 1. The third-order valence-electron chi connectivity index (χ3n) is 3.55. The van der Waals surface area contributed by atoms with Crippen LogP contribution >= 0.6 is 12.2 Å². The van der Waals surface area contributed by atoms with Crippen LogP contribution in [-0.4, -0.2) is 43.0 Å². The number of carbonyl (C=O) groups is 2. The SMILES string of the molecule is COc1ccc(CC(=O)NC(=S)Nc2cccc(C(=O)N(C)C)c2)cc1. The van der Waals surface area contributed by atoms with E-state index in [1.54, 1.807) is 57.6 Å². The van der Waals surface area contributed by atoms with Crippen molar-refractivity contribution in [2.45, 2.75) is 6.42 Å². The van der Waals surface area contributed by atoms with Crippen LogP contribution in [0.25, 0.3) is 0 Å². The first-order valence-electron chi connectivity index (χ1n) is 7.94. The van der Waals surface area contributed by atoms with Gasteiger partial charge in [0, 0.05) is 25.3 Å². The third kappa shape index (κ3) is 5.56. The number of nitrogens with one attached hydrogen (secondary N) is 2. The number of amides is 2. The summed E-state index contributed by atoms with van der Waals surface area (Å²) in [5.74, 6) is 0.398. The Kier molecular flexibility index (Phi) is 6.68. The van der Waals surface area contributed by atoms with Gasteiger partial charge >= 0.3 is 0 Å². The van der Waals surface area contributed by atoms with E-state index in [2.05, 4.69) is 10.6 Å². The summed E-state index contributed by atoms with van der Waals surface area (Å²) in [4.78, 5) is 25.6. The molecule has 7 heteroatoms. The number of methoxy groups -OCH3 is 1. The average molecular weight is 371 g/mol. The Bertz CT molecular complexity index is 804. The number of nitrogens with zero attached hydrogens (tertiary/aromatic N) is 1. The van der Waals surface area contributed by atoms with Crippen LogP contribution in [0.1, 0.15) is 15.9 Å². The minimum absolute atomic E-state index is 0.108. The van der Waals surface area contributed by atoms with Crippen LogP contribution in [0.5, 0.6) is 5.75 Å². The average Bonchev–Trinajstić information content (AvgIpc) is 2.61. The highest BCUT2D eigenvalue weighted by Gasteiger charge is 2.10. The second-order valence-corrected chi connectivity index (χ2v) is 6.22. The fourth-order valence-electron chi connectivity index (χ4n) is 2.25. The first-order chi connectivity index (χ1) is 12.4. The Morgan fingerprint density at radius 3 is 2.42 bits per heavy atom. The van der Waals surface area contributed by atoms with Crippen molar-refractivity contribution in [3.8, 4) is 5.75 Å². The number of benzene rings is 2. The van der Waals surface area contributed by atoms with Gasteiger partial charge in [-0.1, -0.05) is 18.2 Å². The lowest BCUT2D eigenvalue weighted by Crippen LogP contribution is -2.35. The maximum absolute atomic E-state index is 12.1. The Balaban J connectivity index is 1.92. The molecule has 6 nitrogen and oxygen atoms in total. The predicted molar refractivity (Wildman–Crippen MR) is 106 cm³/mol. The van der Waals surface area contributed by atoms with E-state index in [1.807, 2.05) is 12.1 Å². The van der Waals surface area contributed by atoms with E-state index in [4.69, 9.17) is 17.0 Å². The lowest BCUT2D eigenvalue weighted by molar-refractivity contribution is -0.119. The van der Waals surface area contributed by atoms with Crippen molar-refractivity contribution in [2.24, 2.45) is 0 Å². The summed E-state index contributed by atoms with van der Waals surface area (Å²) in [6, 6.07) is 14.2. The quantitative estimate of drug-likeness (QED) is 0.790. The van der Waals surface area contributed by atoms with E-state index in [1.165, 1.54) is 4.90 Å². The maximum Gasteiger partial charge on any atom is 0.253 e. The molecule has 0 saturated carbocycles. The van der Waals surface area contributed by atoms with Crippen LogP contribution in [0, 0.1) is 0 Å². The van der Waals surface area contributed by atoms with E-state index in [0.29, 0.717) is 11.3 Å². The summed E-state index contributed by atoms with van der Waals surface area (Å²) >= 11 is 5.17. The van der Waals surface area contributed by atoms with Crippen molar-refractivity contribution >= 4 is 34.8 Å². The first-order valence-corrected chi connectivity index (χ1v) is 8.35. The van der Waals surface area contributed by atoms with Gasteiger partial charge in [-0.15, -0.1) is 0 Å². The summed E-state index contributed by atoms with van der Waals surface area (Å²) < 4.78 is 5.09. The van der Waals surface area contributed by atoms with Gasteiger partial charge in [0.25, 0.3) is 5.91 Å². The second-order valence-electron chi connectivity index (χ2n) is 5.81. The Hall–Kier alpha value is -2.93. The second kappa shape index (κ2) is 8.96. The Morgan fingerprint density at radius 1 is 1.12 bits per heavy atom. The summed E-state index contributed by atoms with van der Waals surface area (Å²) in [5, 5.41) is 5.73. The highest BCUT2D eigenvalue weighted by atomic mass is 32.1. The minimum Gasteiger partial charge on any atom is -0.497 e. The number of hydrogen-bond donors (Lipinski definition) is 2. The van der Waals surface area contributed by atoms with Gasteiger partial charge in [0.2, 0.25) is 5.91 Å². The van der Waals surface area contributed by atoms with Gasteiger partial charge in [-0.05, 0) is 48.1 Å². The molecule has 136 valence electrons. The molecule has 0 aliphatic carbocycles. The van der Waals surface area contributed by atoms with Crippen molar-refractivity contribution in [1.82, 2.24) is 10.2 Å². The molecule has 2 aromatic carbocycles. The predicted octanol–water partition coefficient (Wildman–Crippen LogP) is 2.45. The molecule has 2 rings (SSSR count). The van der Waals surface area contributed by atoms with Gasteiger partial charge in [0.15, 0.2) is 5.11 Å². The van der Waals surface area contributed by atoms with E-state index >= 15 is 0 Å². The topological polar surface area (TPSA) is 70.7 Å². The molecular weight excluding hydrogens is 350 g/mol. The van der Waals surface area contributed by atoms with Gasteiger partial charge in [0.1, 0.15) is 5.75 Å². The summed E-state index contributed by atoms with van der Waals surface area (Å²) in [7, 11) is 4.96. The fourth-order valence-corrected chi connectivity index (χ4v) is 2.48. The Morgan fingerprint density at radius 2 is 1.81 bits per heavy atom. The lowest BCUT2D eigenvalue weighted by atomic mass is 10.1. The van der Waals surface area contributed by atoms with Gasteiger partial charge in [-0.3, -0.25) is 9.59 Å². The number of anilines is 1. The molecule has 2 N–H and O–H groups in total. The molecule has 0 radical (unpaired) electrons. The minimum atomic E-state index is -0.229.